The van der Waals surface area contributed by atoms with Crippen molar-refractivity contribution in [1.29, 1.82) is 0 Å². The molecule has 0 aromatic carbocycles. The van der Waals surface area contributed by atoms with Crippen molar-refractivity contribution in [2.75, 3.05) is 36.5 Å². The van der Waals surface area contributed by atoms with Gasteiger partial charge in [0, 0.05) is 50.8 Å². The maximum Gasteiger partial charge on any atom is 0.227 e. The maximum atomic E-state index is 4.83. The quantitative estimate of drug-likeness (QED) is 0.845. The summed E-state index contributed by atoms with van der Waals surface area (Å²) in [6.07, 6.45) is 7.21. The standard InChI is InChI=1S/C19H27N5/c1-15-5-4-11-24(14-15)18-13-16(2)21-19(22-18)23(3)12-8-17-6-9-20-10-7-17/h6-7,9-10,13,15H,4-5,8,11-12,14H2,1-3H3. The Bertz CT molecular complexity index is 658. The summed E-state index contributed by atoms with van der Waals surface area (Å²) in [7, 11) is 2.07. The van der Waals surface area contributed by atoms with Crippen molar-refractivity contribution >= 4 is 11.8 Å². The molecule has 1 aliphatic rings. The summed E-state index contributed by atoms with van der Waals surface area (Å²) in [5.74, 6) is 2.62. The van der Waals surface area contributed by atoms with Crippen LogP contribution >= 0.6 is 0 Å². The van der Waals surface area contributed by atoms with Crippen LogP contribution in [0.1, 0.15) is 31.0 Å². The van der Waals surface area contributed by atoms with Crippen LogP contribution in [-0.4, -0.2) is 41.6 Å². The lowest BCUT2D eigenvalue weighted by atomic mass is 10.0. The van der Waals surface area contributed by atoms with Crippen LogP contribution in [-0.2, 0) is 6.42 Å². The zero-order chi connectivity index (χ0) is 16.9. The highest BCUT2D eigenvalue weighted by molar-refractivity contribution is 5.46. The van der Waals surface area contributed by atoms with E-state index in [-0.39, 0.29) is 0 Å². The van der Waals surface area contributed by atoms with Crippen molar-refractivity contribution < 1.29 is 0 Å². The van der Waals surface area contributed by atoms with Crippen LogP contribution in [0.15, 0.2) is 30.6 Å². The van der Waals surface area contributed by atoms with Gasteiger partial charge in [-0.25, -0.2) is 4.98 Å². The lowest BCUT2D eigenvalue weighted by molar-refractivity contribution is 0.444. The second-order valence-corrected chi connectivity index (χ2v) is 6.89. The van der Waals surface area contributed by atoms with Gasteiger partial charge < -0.3 is 9.80 Å². The maximum absolute atomic E-state index is 4.83. The number of aryl methyl sites for hydroxylation is 1. The van der Waals surface area contributed by atoms with E-state index in [0.717, 1.165) is 49.4 Å². The zero-order valence-electron chi connectivity index (χ0n) is 14.9. The molecule has 0 aliphatic carbocycles. The first-order valence-corrected chi connectivity index (χ1v) is 8.82. The van der Waals surface area contributed by atoms with E-state index in [9.17, 15) is 0 Å². The number of nitrogens with zero attached hydrogens (tertiary/aromatic N) is 5. The van der Waals surface area contributed by atoms with Crippen LogP contribution in [0.5, 0.6) is 0 Å². The topological polar surface area (TPSA) is 45.2 Å². The third-order valence-electron chi connectivity index (χ3n) is 4.64. The third-order valence-corrected chi connectivity index (χ3v) is 4.64. The Morgan fingerprint density at radius 2 is 2.04 bits per heavy atom. The van der Waals surface area contributed by atoms with Gasteiger partial charge in [0.05, 0.1) is 0 Å². The minimum atomic E-state index is 0.738. The minimum absolute atomic E-state index is 0.738. The molecule has 1 fully saturated rings. The summed E-state index contributed by atoms with van der Waals surface area (Å²) >= 11 is 0. The highest BCUT2D eigenvalue weighted by Crippen LogP contribution is 2.23. The van der Waals surface area contributed by atoms with Crippen LogP contribution in [0, 0.1) is 12.8 Å². The van der Waals surface area contributed by atoms with Crippen molar-refractivity contribution in [2.24, 2.45) is 5.92 Å². The Kier molecular flexibility index (Phi) is 5.28. The molecule has 0 amide bonds. The molecule has 24 heavy (non-hydrogen) atoms. The van der Waals surface area contributed by atoms with Gasteiger partial charge in [-0.2, -0.15) is 4.98 Å². The molecule has 2 aromatic rings. The van der Waals surface area contributed by atoms with Gasteiger partial charge in [-0.1, -0.05) is 6.92 Å². The number of hydrogen-bond donors (Lipinski definition) is 0. The number of anilines is 2. The number of aromatic nitrogens is 3. The average Bonchev–Trinajstić information content (AvgIpc) is 2.60. The van der Waals surface area contributed by atoms with Gasteiger partial charge in [-0.15, -0.1) is 0 Å². The summed E-state index contributed by atoms with van der Waals surface area (Å²) in [6, 6.07) is 6.23. The first-order valence-electron chi connectivity index (χ1n) is 8.82. The van der Waals surface area contributed by atoms with Crippen molar-refractivity contribution in [2.45, 2.75) is 33.1 Å². The van der Waals surface area contributed by atoms with Gasteiger partial charge in [-0.3, -0.25) is 4.98 Å². The van der Waals surface area contributed by atoms with E-state index in [4.69, 9.17) is 4.98 Å². The van der Waals surface area contributed by atoms with Gasteiger partial charge in [-0.05, 0) is 49.8 Å². The molecule has 0 N–H and O–H groups in total. The molecule has 0 saturated carbocycles. The number of rotatable bonds is 5. The zero-order valence-corrected chi connectivity index (χ0v) is 14.9. The van der Waals surface area contributed by atoms with Crippen molar-refractivity contribution in [3.8, 4) is 0 Å². The van der Waals surface area contributed by atoms with E-state index in [1.54, 1.807) is 0 Å². The van der Waals surface area contributed by atoms with Gasteiger partial charge >= 0.3 is 0 Å². The van der Waals surface area contributed by atoms with Crippen molar-refractivity contribution in [3.05, 3.63) is 41.9 Å². The van der Waals surface area contributed by atoms with Crippen LogP contribution < -0.4 is 9.80 Å². The van der Waals surface area contributed by atoms with Gasteiger partial charge in [0.25, 0.3) is 0 Å². The smallest absolute Gasteiger partial charge is 0.227 e. The van der Waals surface area contributed by atoms with E-state index in [1.165, 1.54) is 18.4 Å². The Morgan fingerprint density at radius 3 is 2.79 bits per heavy atom. The fourth-order valence-corrected chi connectivity index (χ4v) is 3.21. The molecule has 3 rings (SSSR count). The third kappa shape index (κ3) is 4.22. The van der Waals surface area contributed by atoms with E-state index < -0.39 is 0 Å². The monoisotopic (exact) mass is 325 g/mol. The summed E-state index contributed by atoms with van der Waals surface area (Å²) in [4.78, 5) is 18.1. The van der Waals surface area contributed by atoms with E-state index in [0.29, 0.717) is 0 Å². The number of piperidine rings is 1. The fraction of sp³-hybridized carbons (Fsp3) is 0.526. The fourth-order valence-electron chi connectivity index (χ4n) is 3.21. The van der Waals surface area contributed by atoms with Crippen LogP contribution in [0.25, 0.3) is 0 Å². The van der Waals surface area contributed by atoms with Crippen LogP contribution in [0.4, 0.5) is 11.8 Å². The number of likely N-dealkylation sites (N-methyl/N-ethyl adjacent to an activating group) is 1. The normalized spacial score (nSPS) is 17.8. The first-order chi connectivity index (χ1) is 11.6. The number of hydrogen-bond acceptors (Lipinski definition) is 5. The second-order valence-electron chi connectivity index (χ2n) is 6.89. The van der Waals surface area contributed by atoms with Crippen LogP contribution in [0.2, 0.25) is 0 Å². The van der Waals surface area contributed by atoms with Gasteiger partial charge in [0.2, 0.25) is 5.95 Å². The Morgan fingerprint density at radius 1 is 1.25 bits per heavy atom. The Hall–Kier alpha value is -2.17. The molecule has 3 heterocycles. The predicted molar refractivity (Wildman–Crippen MR) is 98.6 cm³/mol. The molecule has 128 valence electrons. The lowest BCUT2D eigenvalue weighted by Crippen LogP contribution is -2.35. The second kappa shape index (κ2) is 7.60. The molecule has 1 saturated heterocycles. The molecule has 5 nitrogen and oxygen atoms in total. The molecular weight excluding hydrogens is 298 g/mol. The summed E-state index contributed by atoms with van der Waals surface area (Å²) in [5, 5.41) is 0. The Labute approximate surface area is 144 Å². The van der Waals surface area contributed by atoms with Crippen LogP contribution in [0.3, 0.4) is 0 Å². The number of pyridine rings is 1. The van der Waals surface area contributed by atoms with Gasteiger partial charge in [0.15, 0.2) is 0 Å². The molecule has 0 bridgehead atoms. The molecule has 1 aliphatic heterocycles. The molecule has 5 heteroatoms. The summed E-state index contributed by atoms with van der Waals surface area (Å²) < 4.78 is 0. The molecule has 2 aromatic heterocycles. The lowest BCUT2D eigenvalue weighted by Gasteiger charge is -2.32. The van der Waals surface area contributed by atoms with E-state index in [2.05, 4.69) is 58.9 Å². The SMILES string of the molecule is Cc1cc(N2CCCC(C)C2)nc(N(C)CCc2ccncc2)n1. The highest BCUT2D eigenvalue weighted by Gasteiger charge is 2.19. The molecular formula is C19H27N5. The summed E-state index contributed by atoms with van der Waals surface area (Å²) in [5.41, 5.74) is 2.32. The van der Waals surface area contributed by atoms with Crippen molar-refractivity contribution in [3.63, 3.8) is 0 Å². The Balaban J connectivity index is 1.70. The highest BCUT2D eigenvalue weighted by atomic mass is 15.3. The first kappa shape index (κ1) is 16.7. The van der Waals surface area contributed by atoms with E-state index in [1.807, 2.05) is 12.4 Å². The largest absolute Gasteiger partial charge is 0.356 e. The molecule has 0 spiro atoms. The van der Waals surface area contributed by atoms with E-state index >= 15 is 0 Å². The average molecular weight is 325 g/mol. The van der Waals surface area contributed by atoms with Crippen molar-refractivity contribution in [1.82, 2.24) is 15.0 Å². The molecule has 0 radical (unpaired) electrons. The minimum Gasteiger partial charge on any atom is -0.356 e. The molecule has 1 atom stereocenters. The predicted octanol–water partition coefficient (Wildman–Crippen LogP) is 3.10. The molecule has 1 unspecified atom stereocenters. The van der Waals surface area contributed by atoms with Gasteiger partial charge in [0.1, 0.15) is 5.82 Å². The summed E-state index contributed by atoms with van der Waals surface area (Å²) in [6.45, 7) is 7.46.